The van der Waals surface area contributed by atoms with Gasteiger partial charge < -0.3 is 20.8 Å². The zero-order valence-corrected chi connectivity index (χ0v) is 10.8. The lowest BCUT2D eigenvalue weighted by atomic mass is 9.58. The second kappa shape index (κ2) is 3.93. The molecule has 2 aliphatic carbocycles. The first-order valence-corrected chi connectivity index (χ1v) is 6.88. The van der Waals surface area contributed by atoms with E-state index in [2.05, 4.69) is 0 Å². The molecule has 2 atom stereocenters. The second-order valence-electron chi connectivity index (χ2n) is 6.24. The number of primary amides is 1. The van der Waals surface area contributed by atoms with E-state index in [9.17, 15) is 19.8 Å². The third kappa shape index (κ3) is 1.63. The average Bonchev–Trinajstić information content (AvgIpc) is 3.20. The summed E-state index contributed by atoms with van der Waals surface area (Å²) in [5, 5.41) is 19.7. The van der Waals surface area contributed by atoms with Crippen LogP contribution in [0.15, 0.2) is 0 Å². The minimum Gasteiger partial charge on any atom is -0.392 e. The van der Waals surface area contributed by atoms with Gasteiger partial charge in [-0.2, -0.15) is 0 Å². The number of nitrogens with two attached hydrogens (primary N) is 1. The Labute approximate surface area is 111 Å². The van der Waals surface area contributed by atoms with E-state index in [0.717, 1.165) is 0 Å². The van der Waals surface area contributed by atoms with Gasteiger partial charge in [-0.3, -0.25) is 9.59 Å². The molecule has 3 rings (SSSR count). The minimum atomic E-state index is -0.957. The molecule has 3 fully saturated rings. The molecule has 3 aliphatic rings. The smallest absolute Gasteiger partial charge is 0.238 e. The highest BCUT2D eigenvalue weighted by Crippen LogP contribution is 2.51. The first-order chi connectivity index (χ1) is 8.92. The lowest BCUT2D eigenvalue weighted by Crippen LogP contribution is -2.62. The largest absolute Gasteiger partial charge is 0.392 e. The predicted octanol–water partition coefficient (Wildman–Crippen LogP) is -1.01. The molecule has 1 saturated heterocycles. The van der Waals surface area contributed by atoms with Crippen LogP contribution in [0.5, 0.6) is 0 Å². The van der Waals surface area contributed by atoms with Crippen LogP contribution < -0.4 is 5.73 Å². The topological polar surface area (TPSA) is 104 Å². The number of amides is 2. The van der Waals surface area contributed by atoms with Crippen molar-refractivity contribution in [2.45, 2.75) is 44.3 Å². The molecule has 0 bridgehead atoms. The molecule has 0 aromatic rings. The van der Waals surface area contributed by atoms with E-state index >= 15 is 0 Å². The molecule has 1 heterocycles. The summed E-state index contributed by atoms with van der Waals surface area (Å²) in [5.41, 5.74) is 3.92. The molecule has 0 radical (unpaired) electrons. The summed E-state index contributed by atoms with van der Waals surface area (Å²) in [4.78, 5) is 25.3. The van der Waals surface area contributed by atoms with Crippen LogP contribution >= 0.6 is 0 Å². The van der Waals surface area contributed by atoms with Crippen LogP contribution in [0.3, 0.4) is 0 Å². The van der Waals surface area contributed by atoms with Crippen molar-refractivity contribution >= 4 is 11.8 Å². The zero-order chi connectivity index (χ0) is 13.8. The third-order valence-electron chi connectivity index (χ3n) is 5.39. The Bertz CT molecular complexity index is 414. The number of rotatable bonds is 2. The summed E-state index contributed by atoms with van der Waals surface area (Å²) < 4.78 is 0. The molecule has 6 nitrogen and oxygen atoms in total. The summed E-state index contributed by atoms with van der Waals surface area (Å²) in [6, 6.07) is 0. The van der Waals surface area contributed by atoms with E-state index in [-0.39, 0.29) is 5.91 Å². The van der Waals surface area contributed by atoms with Gasteiger partial charge in [0.25, 0.3) is 0 Å². The molecule has 1 spiro atoms. The number of carbonyl (C=O) groups excluding carboxylic acids is 2. The number of hydrogen-bond donors (Lipinski definition) is 3. The molecule has 1 aliphatic heterocycles. The van der Waals surface area contributed by atoms with Gasteiger partial charge in [-0.05, 0) is 25.7 Å². The predicted molar refractivity (Wildman–Crippen MR) is 65.7 cm³/mol. The van der Waals surface area contributed by atoms with E-state index in [1.165, 1.54) is 0 Å². The fourth-order valence-corrected chi connectivity index (χ4v) is 3.53. The van der Waals surface area contributed by atoms with Gasteiger partial charge >= 0.3 is 0 Å². The van der Waals surface area contributed by atoms with E-state index in [1.807, 2.05) is 0 Å². The van der Waals surface area contributed by atoms with Gasteiger partial charge in [-0.25, -0.2) is 0 Å². The number of nitrogens with zero attached hydrogens (tertiary/aromatic N) is 1. The van der Waals surface area contributed by atoms with Crippen molar-refractivity contribution in [3.63, 3.8) is 0 Å². The minimum absolute atomic E-state index is 0.168. The Balaban J connectivity index is 1.65. The zero-order valence-electron chi connectivity index (χ0n) is 10.8. The van der Waals surface area contributed by atoms with Crippen molar-refractivity contribution in [1.82, 2.24) is 4.90 Å². The van der Waals surface area contributed by atoms with Crippen molar-refractivity contribution in [2.75, 3.05) is 13.1 Å². The fourth-order valence-electron chi connectivity index (χ4n) is 3.53. The van der Waals surface area contributed by atoms with E-state index in [1.54, 1.807) is 4.90 Å². The van der Waals surface area contributed by atoms with Crippen molar-refractivity contribution in [3.05, 3.63) is 0 Å². The Kier molecular flexibility index (Phi) is 2.66. The Morgan fingerprint density at radius 3 is 1.95 bits per heavy atom. The van der Waals surface area contributed by atoms with Crippen LogP contribution in [0.2, 0.25) is 0 Å². The molecule has 0 aromatic carbocycles. The number of hydrogen-bond acceptors (Lipinski definition) is 4. The summed E-state index contributed by atoms with van der Waals surface area (Å²) in [6.07, 6.45) is 1.78. The van der Waals surface area contributed by atoms with Crippen LogP contribution in [0.4, 0.5) is 0 Å². The lowest BCUT2D eigenvalue weighted by Gasteiger charge is -2.55. The maximum absolute atomic E-state index is 12.3. The van der Waals surface area contributed by atoms with Crippen LogP contribution in [-0.2, 0) is 9.59 Å². The van der Waals surface area contributed by atoms with Gasteiger partial charge in [-0.1, -0.05) is 0 Å². The molecule has 106 valence electrons. The number of carbonyl (C=O) groups is 2. The van der Waals surface area contributed by atoms with Crippen molar-refractivity contribution in [2.24, 2.45) is 16.6 Å². The van der Waals surface area contributed by atoms with Gasteiger partial charge in [0.15, 0.2) is 0 Å². The number of likely N-dealkylation sites (tertiary alicyclic amines) is 1. The van der Waals surface area contributed by atoms with Gasteiger partial charge in [0.2, 0.25) is 11.8 Å². The van der Waals surface area contributed by atoms with Gasteiger partial charge in [0.1, 0.15) is 5.41 Å². The van der Waals surface area contributed by atoms with Crippen LogP contribution in [0, 0.1) is 10.8 Å². The quantitative estimate of drug-likeness (QED) is 0.558. The fraction of sp³-hybridized carbons (Fsp3) is 0.846. The Hall–Kier alpha value is -1.14. The maximum atomic E-state index is 12.3. The lowest BCUT2D eigenvalue weighted by molar-refractivity contribution is -0.192. The molecular formula is C13H20N2O4. The third-order valence-corrected chi connectivity index (χ3v) is 5.39. The summed E-state index contributed by atoms with van der Waals surface area (Å²) >= 11 is 0. The Morgan fingerprint density at radius 2 is 1.58 bits per heavy atom. The highest BCUT2D eigenvalue weighted by molar-refractivity contribution is 6.07. The van der Waals surface area contributed by atoms with Crippen LogP contribution in [-0.4, -0.2) is 52.2 Å². The van der Waals surface area contributed by atoms with Crippen LogP contribution in [0.25, 0.3) is 0 Å². The van der Waals surface area contributed by atoms with E-state index in [0.29, 0.717) is 45.2 Å². The summed E-state index contributed by atoms with van der Waals surface area (Å²) in [6.45, 7) is 0.976. The van der Waals surface area contributed by atoms with Crippen molar-refractivity contribution < 1.29 is 19.8 Å². The average molecular weight is 268 g/mol. The summed E-state index contributed by atoms with van der Waals surface area (Å²) in [7, 11) is 0. The monoisotopic (exact) mass is 268 g/mol. The van der Waals surface area contributed by atoms with Gasteiger partial charge in [-0.15, -0.1) is 0 Å². The maximum Gasteiger partial charge on any atom is 0.238 e. The molecule has 19 heavy (non-hydrogen) atoms. The first-order valence-electron chi connectivity index (χ1n) is 6.88. The molecule has 4 N–H and O–H groups in total. The molecule has 2 amide bonds. The van der Waals surface area contributed by atoms with Gasteiger partial charge in [0, 0.05) is 24.9 Å². The summed E-state index contributed by atoms with van der Waals surface area (Å²) in [5.74, 6) is -0.695. The number of aliphatic hydroxyl groups is 2. The highest BCUT2D eigenvalue weighted by Gasteiger charge is 2.59. The number of aliphatic hydroxyl groups excluding tert-OH is 2. The SMILES string of the molecule is NC(=O)C1(C(=O)N2CCC3(CC2)[C@H](O)C[C@@H]3O)CC1. The van der Waals surface area contributed by atoms with E-state index in [4.69, 9.17) is 5.73 Å². The van der Waals surface area contributed by atoms with Crippen molar-refractivity contribution in [3.8, 4) is 0 Å². The molecular weight excluding hydrogens is 248 g/mol. The molecule has 0 aromatic heterocycles. The van der Waals surface area contributed by atoms with E-state index < -0.39 is 28.9 Å². The highest BCUT2D eigenvalue weighted by atomic mass is 16.3. The molecule has 6 heteroatoms. The molecule has 0 unspecified atom stereocenters. The first kappa shape index (κ1) is 12.9. The normalized spacial score (nSPS) is 34.7. The second-order valence-corrected chi connectivity index (χ2v) is 6.24. The Morgan fingerprint density at radius 1 is 1.05 bits per heavy atom. The van der Waals surface area contributed by atoms with Crippen molar-refractivity contribution in [1.29, 1.82) is 0 Å². The number of piperidine rings is 1. The molecule has 2 saturated carbocycles. The van der Waals surface area contributed by atoms with Gasteiger partial charge in [0.05, 0.1) is 12.2 Å². The van der Waals surface area contributed by atoms with Crippen LogP contribution in [0.1, 0.15) is 32.1 Å². The standard InChI is InChI=1S/C13H20N2O4/c14-10(18)13(1-2-13)11(19)15-5-3-12(4-6-15)8(16)7-9(12)17/h8-9,16-17H,1-7H2,(H2,14,18)/t8-,9+.